The summed E-state index contributed by atoms with van der Waals surface area (Å²) < 4.78 is 38.2. The van der Waals surface area contributed by atoms with E-state index in [9.17, 15) is 23.3 Å². The van der Waals surface area contributed by atoms with Gasteiger partial charge in [-0.2, -0.15) is 13.2 Å². The van der Waals surface area contributed by atoms with Crippen LogP contribution >= 0.6 is 27.3 Å². The van der Waals surface area contributed by atoms with Crippen LogP contribution in [0.5, 0.6) is 0 Å². The van der Waals surface area contributed by atoms with Crippen molar-refractivity contribution in [2.24, 2.45) is 0 Å². The summed E-state index contributed by atoms with van der Waals surface area (Å²) >= 11 is 3.84. The van der Waals surface area contributed by atoms with Gasteiger partial charge in [-0.3, -0.25) is 10.1 Å². The third-order valence-corrected chi connectivity index (χ3v) is 4.21. The molecule has 4 nitrogen and oxygen atoms in total. The van der Waals surface area contributed by atoms with Crippen molar-refractivity contribution in [3.8, 4) is 0 Å². The average molecular weight is 381 g/mol. The number of nitro groups is 1. The molecule has 0 saturated carbocycles. The first-order valence-electron chi connectivity index (χ1n) is 5.60. The molecule has 2 rings (SSSR count). The lowest BCUT2D eigenvalue weighted by molar-refractivity contribution is -0.380. The molecule has 0 atom stereocenters. The first-order chi connectivity index (χ1) is 9.77. The fourth-order valence-electron chi connectivity index (χ4n) is 1.61. The van der Waals surface area contributed by atoms with Gasteiger partial charge in [0.05, 0.1) is 10.5 Å². The maximum Gasteiger partial charge on any atom is 0.417 e. The van der Waals surface area contributed by atoms with Gasteiger partial charge in [0.1, 0.15) is 0 Å². The van der Waals surface area contributed by atoms with E-state index in [4.69, 9.17) is 0 Å². The third-order valence-electron chi connectivity index (χ3n) is 2.59. The summed E-state index contributed by atoms with van der Waals surface area (Å²) in [4.78, 5) is 10.0. The first-order valence-corrected chi connectivity index (χ1v) is 7.27. The zero-order valence-electron chi connectivity index (χ0n) is 10.3. The molecule has 0 aliphatic carbocycles. The van der Waals surface area contributed by atoms with Gasteiger partial charge >= 0.3 is 11.2 Å². The molecule has 2 aromatic rings. The summed E-state index contributed by atoms with van der Waals surface area (Å²) in [5.41, 5.74) is 0.159. The number of nitrogens with one attached hydrogen (secondary N) is 1. The largest absolute Gasteiger partial charge is 0.417 e. The minimum atomic E-state index is -4.45. The van der Waals surface area contributed by atoms with E-state index in [-0.39, 0.29) is 16.0 Å². The van der Waals surface area contributed by atoms with E-state index in [0.717, 1.165) is 17.4 Å². The van der Waals surface area contributed by atoms with Crippen molar-refractivity contribution in [2.45, 2.75) is 12.7 Å². The maximum absolute atomic E-state index is 12.8. The van der Waals surface area contributed by atoms with Gasteiger partial charge in [0, 0.05) is 28.2 Å². The first kappa shape index (κ1) is 15.8. The van der Waals surface area contributed by atoms with Gasteiger partial charge in [0.25, 0.3) is 0 Å². The molecule has 0 aliphatic rings. The number of hydrogen-bond donors (Lipinski definition) is 1. The minimum Gasteiger partial charge on any atom is -0.381 e. The highest BCUT2D eigenvalue weighted by Crippen LogP contribution is 2.36. The van der Waals surface area contributed by atoms with Crippen LogP contribution in [0.4, 0.5) is 23.9 Å². The molecule has 0 amide bonds. The Morgan fingerprint density at radius 3 is 2.62 bits per heavy atom. The van der Waals surface area contributed by atoms with Crippen molar-refractivity contribution < 1.29 is 18.1 Å². The van der Waals surface area contributed by atoms with E-state index in [1.54, 1.807) is 5.38 Å². The number of thiophene rings is 1. The second-order valence-electron chi connectivity index (χ2n) is 4.10. The number of anilines is 1. The van der Waals surface area contributed by atoms with Crippen LogP contribution in [0.1, 0.15) is 11.1 Å². The fourth-order valence-corrected chi connectivity index (χ4v) is 2.81. The van der Waals surface area contributed by atoms with Crippen molar-refractivity contribution in [2.75, 3.05) is 5.32 Å². The Kier molecular flexibility index (Phi) is 4.52. The van der Waals surface area contributed by atoms with Gasteiger partial charge in [-0.15, -0.1) is 0 Å². The molecule has 0 fully saturated rings. The molecule has 0 saturated heterocycles. The predicted octanol–water partition coefficient (Wildman–Crippen LogP) is 5.05. The third kappa shape index (κ3) is 3.94. The van der Waals surface area contributed by atoms with Gasteiger partial charge in [0.2, 0.25) is 0 Å². The molecular formula is C12H8BrF3N2O2S. The Balaban J connectivity index is 2.11. The van der Waals surface area contributed by atoms with Gasteiger partial charge in [-0.25, -0.2) is 0 Å². The fraction of sp³-hybridized carbons (Fsp3) is 0.167. The van der Waals surface area contributed by atoms with Crippen LogP contribution < -0.4 is 5.32 Å². The molecule has 0 aliphatic heterocycles. The Bertz CT molecular complexity index is 673. The van der Waals surface area contributed by atoms with Crippen LogP contribution in [0.2, 0.25) is 0 Å². The molecule has 112 valence electrons. The Morgan fingerprint density at radius 2 is 2.05 bits per heavy atom. The zero-order valence-corrected chi connectivity index (χ0v) is 12.7. The smallest absolute Gasteiger partial charge is 0.381 e. The van der Waals surface area contributed by atoms with Crippen molar-refractivity contribution in [1.29, 1.82) is 0 Å². The zero-order chi connectivity index (χ0) is 15.6. The lowest BCUT2D eigenvalue weighted by Gasteiger charge is -2.12. The van der Waals surface area contributed by atoms with Crippen molar-refractivity contribution in [3.63, 3.8) is 0 Å². The second-order valence-corrected chi connectivity index (χ2v) is 5.84. The molecule has 1 heterocycles. The molecule has 1 aromatic carbocycles. The lowest BCUT2D eigenvalue weighted by Crippen LogP contribution is -2.07. The van der Waals surface area contributed by atoms with E-state index in [2.05, 4.69) is 21.2 Å². The van der Waals surface area contributed by atoms with Crippen LogP contribution in [0.15, 0.2) is 34.1 Å². The molecule has 1 aromatic heterocycles. The summed E-state index contributed by atoms with van der Waals surface area (Å²) in [7, 11) is 0. The van der Waals surface area contributed by atoms with Crippen molar-refractivity contribution >= 4 is 38.0 Å². The molecular weight excluding hydrogens is 373 g/mol. The number of alkyl halides is 3. The summed E-state index contributed by atoms with van der Waals surface area (Å²) in [5.74, 6) is 0. The summed E-state index contributed by atoms with van der Waals surface area (Å²) in [6, 6.07) is 5.19. The summed E-state index contributed by atoms with van der Waals surface area (Å²) in [6.07, 6.45) is -4.45. The van der Waals surface area contributed by atoms with E-state index in [0.29, 0.717) is 11.3 Å². The predicted molar refractivity (Wildman–Crippen MR) is 77.4 cm³/mol. The number of rotatable bonds is 4. The van der Waals surface area contributed by atoms with E-state index in [1.807, 2.05) is 0 Å². The molecule has 21 heavy (non-hydrogen) atoms. The summed E-state index contributed by atoms with van der Waals surface area (Å²) in [6.45, 7) is 0.212. The number of nitrogens with zero attached hydrogens (tertiary/aromatic N) is 1. The maximum atomic E-state index is 12.8. The van der Waals surface area contributed by atoms with Crippen LogP contribution in [-0.4, -0.2) is 4.92 Å². The van der Waals surface area contributed by atoms with Crippen LogP contribution in [0.3, 0.4) is 0 Å². The van der Waals surface area contributed by atoms with Crippen LogP contribution in [0.25, 0.3) is 0 Å². The van der Waals surface area contributed by atoms with Gasteiger partial charge in [0.15, 0.2) is 0 Å². The Morgan fingerprint density at radius 1 is 1.33 bits per heavy atom. The highest BCUT2D eigenvalue weighted by Gasteiger charge is 2.33. The number of halogens is 4. The Hall–Kier alpha value is -1.61. The lowest BCUT2D eigenvalue weighted by atomic mass is 10.2. The number of hydrogen-bond acceptors (Lipinski definition) is 4. The minimum absolute atomic E-state index is 0.00131. The molecule has 9 heteroatoms. The normalized spacial score (nSPS) is 11.4. The van der Waals surface area contributed by atoms with Crippen LogP contribution in [0, 0.1) is 10.1 Å². The summed E-state index contributed by atoms with van der Waals surface area (Å²) in [5, 5.41) is 15.0. The van der Waals surface area contributed by atoms with Crippen molar-refractivity contribution in [1.82, 2.24) is 0 Å². The van der Waals surface area contributed by atoms with Gasteiger partial charge < -0.3 is 5.32 Å². The highest BCUT2D eigenvalue weighted by molar-refractivity contribution is 9.10. The molecule has 0 bridgehead atoms. The van der Waals surface area contributed by atoms with E-state index in [1.165, 1.54) is 18.2 Å². The highest BCUT2D eigenvalue weighted by atomic mass is 79.9. The molecule has 0 unspecified atom stereocenters. The van der Waals surface area contributed by atoms with Crippen molar-refractivity contribution in [3.05, 3.63) is 55.4 Å². The molecule has 0 spiro atoms. The number of benzene rings is 1. The van der Waals surface area contributed by atoms with Crippen LogP contribution in [-0.2, 0) is 12.7 Å². The quantitative estimate of drug-likeness (QED) is 0.596. The van der Waals surface area contributed by atoms with E-state index >= 15 is 0 Å². The monoisotopic (exact) mass is 380 g/mol. The molecule has 1 N–H and O–H groups in total. The van der Waals surface area contributed by atoms with Gasteiger partial charge in [-0.05, 0) is 23.8 Å². The molecule has 0 radical (unpaired) electrons. The topological polar surface area (TPSA) is 55.2 Å². The second kappa shape index (κ2) is 6.02. The average Bonchev–Trinajstić information content (AvgIpc) is 2.85. The Labute approximate surface area is 129 Å². The standard InChI is InChI=1S/C12H8BrF3N2O2S/c13-10-2-1-8(4-9(10)12(14,15)16)17-5-7-3-11(18(19)20)21-6-7/h1-4,6,17H,5H2. The van der Waals surface area contributed by atoms with Gasteiger partial charge in [-0.1, -0.05) is 27.3 Å². The van der Waals surface area contributed by atoms with E-state index < -0.39 is 16.7 Å². The SMILES string of the molecule is O=[N+]([O-])c1cc(CNc2ccc(Br)c(C(F)(F)F)c2)cs1.